The molecule has 0 aromatic heterocycles. The van der Waals surface area contributed by atoms with Crippen LogP contribution in [0.5, 0.6) is 0 Å². The summed E-state index contributed by atoms with van der Waals surface area (Å²) in [5.41, 5.74) is 5.42. The molecule has 1 aromatic carbocycles. The topological polar surface area (TPSA) is 78.6 Å². The van der Waals surface area contributed by atoms with Crippen LogP contribution in [0.4, 0.5) is 10.1 Å². The van der Waals surface area contributed by atoms with Crippen molar-refractivity contribution in [2.24, 2.45) is 0 Å². The third-order valence-electron chi connectivity index (χ3n) is 2.44. The second kappa shape index (κ2) is 7.42. The number of ether oxygens (including phenoxy) is 2. The van der Waals surface area contributed by atoms with Crippen molar-refractivity contribution in [2.45, 2.75) is 11.3 Å². The number of anilines is 1. The maximum Gasteiger partial charge on any atom is 0.182 e. The molecule has 0 unspecified atom stereocenters. The van der Waals surface area contributed by atoms with Gasteiger partial charge in [-0.3, -0.25) is 0 Å². The maximum absolute atomic E-state index is 12.8. The molecular formula is C12H18FNO4S. The van der Waals surface area contributed by atoms with E-state index in [1.54, 1.807) is 7.11 Å². The highest BCUT2D eigenvalue weighted by Crippen LogP contribution is 2.20. The van der Waals surface area contributed by atoms with Gasteiger partial charge in [-0.2, -0.15) is 0 Å². The molecule has 0 bridgehead atoms. The molecule has 0 fully saturated rings. The van der Waals surface area contributed by atoms with Crippen LogP contribution in [0.1, 0.15) is 6.42 Å². The molecule has 1 rings (SSSR count). The normalized spacial score (nSPS) is 11.7. The van der Waals surface area contributed by atoms with Crippen molar-refractivity contribution in [3.8, 4) is 0 Å². The maximum atomic E-state index is 12.8. The van der Waals surface area contributed by atoms with E-state index in [9.17, 15) is 12.8 Å². The second-order valence-electron chi connectivity index (χ2n) is 3.96. The zero-order chi connectivity index (χ0) is 14.3. The monoisotopic (exact) mass is 291 g/mol. The Labute approximate surface area is 112 Å². The van der Waals surface area contributed by atoms with E-state index in [1.807, 2.05) is 0 Å². The molecular weight excluding hydrogens is 273 g/mol. The molecule has 7 heteroatoms. The summed E-state index contributed by atoms with van der Waals surface area (Å²) in [5.74, 6) is -0.747. The van der Waals surface area contributed by atoms with Crippen LogP contribution in [-0.4, -0.2) is 41.1 Å². The minimum atomic E-state index is -3.55. The van der Waals surface area contributed by atoms with E-state index in [1.165, 1.54) is 6.07 Å². The van der Waals surface area contributed by atoms with Gasteiger partial charge in [0.25, 0.3) is 0 Å². The number of rotatable bonds is 8. The van der Waals surface area contributed by atoms with Crippen molar-refractivity contribution in [2.75, 3.05) is 38.4 Å². The lowest BCUT2D eigenvalue weighted by Gasteiger charge is -2.08. The van der Waals surface area contributed by atoms with E-state index >= 15 is 0 Å². The van der Waals surface area contributed by atoms with Gasteiger partial charge in [-0.15, -0.1) is 0 Å². The van der Waals surface area contributed by atoms with E-state index in [4.69, 9.17) is 15.2 Å². The lowest BCUT2D eigenvalue weighted by molar-refractivity contribution is 0.112. The van der Waals surface area contributed by atoms with Crippen molar-refractivity contribution >= 4 is 15.5 Å². The molecule has 0 aliphatic carbocycles. The summed E-state index contributed by atoms with van der Waals surface area (Å²) >= 11 is 0. The summed E-state index contributed by atoms with van der Waals surface area (Å²) in [6.45, 7) is 1.07. The largest absolute Gasteiger partial charge is 0.398 e. The van der Waals surface area contributed by atoms with Crippen LogP contribution in [-0.2, 0) is 19.3 Å². The van der Waals surface area contributed by atoms with Gasteiger partial charge in [0, 0.05) is 20.3 Å². The number of nitrogens with two attached hydrogens (primary N) is 1. The molecule has 5 nitrogen and oxygen atoms in total. The van der Waals surface area contributed by atoms with Crippen LogP contribution in [0.15, 0.2) is 23.1 Å². The molecule has 0 saturated heterocycles. The lowest BCUT2D eigenvalue weighted by Crippen LogP contribution is -2.15. The smallest absolute Gasteiger partial charge is 0.182 e. The minimum absolute atomic E-state index is 0.0607. The van der Waals surface area contributed by atoms with Gasteiger partial charge in [0.05, 0.1) is 22.9 Å². The molecule has 108 valence electrons. The van der Waals surface area contributed by atoms with Crippen LogP contribution in [0.3, 0.4) is 0 Å². The molecule has 0 spiro atoms. The predicted octanol–water partition coefficient (Wildman–Crippen LogP) is 1.23. The van der Waals surface area contributed by atoms with Crippen molar-refractivity contribution in [3.63, 3.8) is 0 Å². The molecule has 2 N–H and O–H groups in total. The Morgan fingerprint density at radius 2 is 2.00 bits per heavy atom. The van der Waals surface area contributed by atoms with Gasteiger partial charge in [0.1, 0.15) is 5.82 Å². The number of methoxy groups -OCH3 is 1. The molecule has 0 saturated carbocycles. The molecule has 0 heterocycles. The number of halogens is 1. The van der Waals surface area contributed by atoms with Crippen LogP contribution in [0, 0.1) is 5.82 Å². The Bertz CT molecular complexity index is 504. The first kappa shape index (κ1) is 15.9. The van der Waals surface area contributed by atoms with E-state index in [0.29, 0.717) is 19.6 Å². The number of hydrogen-bond acceptors (Lipinski definition) is 5. The number of nitrogen functional groups attached to an aromatic ring is 1. The molecule has 19 heavy (non-hydrogen) atoms. The lowest BCUT2D eigenvalue weighted by atomic mass is 10.3. The van der Waals surface area contributed by atoms with Gasteiger partial charge in [-0.1, -0.05) is 0 Å². The van der Waals surface area contributed by atoms with Crippen molar-refractivity contribution in [1.82, 2.24) is 0 Å². The first-order valence-electron chi connectivity index (χ1n) is 5.82. The summed E-state index contributed by atoms with van der Waals surface area (Å²) in [5, 5.41) is 0. The zero-order valence-corrected chi connectivity index (χ0v) is 11.6. The Kier molecular flexibility index (Phi) is 6.20. The molecule has 0 radical (unpaired) electrons. The molecule has 0 aliphatic heterocycles. The summed E-state index contributed by atoms with van der Waals surface area (Å²) < 4.78 is 46.8. The van der Waals surface area contributed by atoms with Gasteiger partial charge in [0.15, 0.2) is 9.84 Å². The highest BCUT2D eigenvalue weighted by molar-refractivity contribution is 7.91. The van der Waals surface area contributed by atoms with Gasteiger partial charge in [0.2, 0.25) is 0 Å². The Morgan fingerprint density at radius 3 is 2.63 bits per heavy atom. The fourth-order valence-corrected chi connectivity index (χ4v) is 2.74. The van der Waals surface area contributed by atoms with E-state index in [-0.39, 0.29) is 22.9 Å². The fraction of sp³-hybridized carbons (Fsp3) is 0.500. The van der Waals surface area contributed by atoms with E-state index in [2.05, 4.69) is 0 Å². The molecule has 0 atom stereocenters. The van der Waals surface area contributed by atoms with Gasteiger partial charge < -0.3 is 15.2 Å². The average molecular weight is 291 g/mol. The highest BCUT2D eigenvalue weighted by atomic mass is 32.2. The second-order valence-corrected chi connectivity index (χ2v) is 6.04. The first-order valence-corrected chi connectivity index (χ1v) is 7.47. The third kappa shape index (κ3) is 5.14. The Hall–Kier alpha value is -1.18. The number of sulfone groups is 1. The number of hydrogen-bond donors (Lipinski definition) is 1. The standard InChI is InChI=1S/C12H18FNO4S/c1-17-5-2-6-18-7-8-19(15,16)12-4-3-10(13)9-11(12)14/h3-4,9H,2,5-8,14H2,1H3. The predicted molar refractivity (Wildman–Crippen MR) is 70.2 cm³/mol. The van der Waals surface area contributed by atoms with Gasteiger partial charge >= 0.3 is 0 Å². The van der Waals surface area contributed by atoms with Crippen LogP contribution in [0.2, 0.25) is 0 Å². The zero-order valence-electron chi connectivity index (χ0n) is 10.8. The Balaban J connectivity index is 2.52. The summed E-state index contributed by atoms with van der Waals surface area (Å²) in [4.78, 5) is -0.0607. The molecule has 0 aliphatic rings. The molecule has 0 amide bonds. The van der Waals surface area contributed by atoms with Crippen molar-refractivity contribution < 1.29 is 22.3 Å². The summed E-state index contributed by atoms with van der Waals surface area (Å²) in [7, 11) is -1.96. The van der Waals surface area contributed by atoms with E-state index in [0.717, 1.165) is 12.1 Å². The fourth-order valence-electron chi connectivity index (χ4n) is 1.49. The summed E-state index contributed by atoms with van der Waals surface area (Å²) in [6, 6.07) is 3.24. The molecule has 1 aromatic rings. The van der Waals surface area contributed by atoms with Gasteiger partial charge in [-0.05, 0) is 24.6 Å². The average Bonchev–Trinajstić information content (AvgIpc) is 2.33. The first-order chi connectivity index (χ1) is 8.97. The van der Waals surface area contributed by atoms with Crippen molar-refractivity contribution in [3.05, 3.63) is 24.0 Å². The SMILES string of the molecule is COCCCOCCS(=O)(=O)c1ccc(F)cc1N. The van der Waals surface area contributed by atoms with Gasteiger partial charge in [-0.25, -0.2) is 12.8 Å². The van der Waals surface area contributed by atoms with Crippen molar-refractivity contribution in [1.29, 1.82) is 0 Å². The van der Waals surface area contributed by atoms with Crippen LogP contribution in [0.25, 0.3) is 0 Å². The van der Waals surface area contributed by atoms with Crippen LogP contribution >= 0.6 is 0 Å². The third-order valence-corrected chi connectivity index (χ3v) is 4.19. The Morgan fingerprint density at radius 1 is 1.26 bits per heavy atom. The van der Waals surface area contributed by atoms with E-state index < -0.39 is 15.7 Å². The minimum Gasteiger partial charge on any atom is -0.398 e. The quantitative estimate of drug-likeness (QED) is 0.443. The summed E-state index contributed by atoms with van der Waals surface area (Å²) in [6.07, 6.45) is 0.704. The highest BCUT2D eigenvalue weighted by Gasteiger charge is 2.17. The van der Waals surface area contributed by atoms with Crippen LogP contribution < -0.4 is 5.73 Å². The number of benzene rings is 1.